The Balaban J connectivity index is 1.79. The Labute approximate surface area is 116 Å². The smallest absolute Gasteiger partial charge is 0.356 e. The summed E-state index contributed by atoms with van der Waals surface area (Å²) >= 11 is 5.74. The summed E-state index contributed by atoms with van der Waals surface area (Å²) in [5, 5.41) is 12.1. The second kappa shape index (κ2) is 6.73. The molecule has 1 aliphatic carbocycles. The summed E-state index contributed by atoms with van der Waals surface area (Å²) in [6, 6.07) is 3.18. The van der Waals surface area contributed by atoms with Crippen LogP contribution in [0.3, 0.4) is 0 Å². The van der Waals surface area contributed by atoms with Gasteiger partial charge in [-0.15, -0.1) is 0 Å². The number of halogens is 1. The van der Waals surface area contributed by atoms with Crippen LogP contribution in [0.25, 0.3) is 0 Å². The highest BCUT2D eigenvalue weighted by atomic mass is 35.5. The minimum absolute atomic E-state index is 0.136. The molecule has 1 heterocycles. The molecule has 5 nitrogen and oxygen atoms in total. The average Bonchev–Trinajstić information content (AvgIpc) is 2.89. The first kappa shape index (κ1) is 14.1. The Morgan fingerprint density at radius 3 is 2.89 bits per heavy atom. The van der Waals surface area contributed by atoms with Crippen molar-refractivity contribution in [1.82, 2.24) is 4.98 Å². The zero-order valence-corrected chi connectivity index (χ0v) is 11.3. The predicted molar refractivity (Wildman–Crippen MR) is 72.9 cm³/mol. The van der Waals surface area contributed by atoms with Crippen LogP contribution in [0.4, 0.5) is 5.82 Å². The Hall–Kier alpha value is -1.33. The third-order valence-corrected chi connectivity index (χ3v) is 3.42. The normalized spacial score (nSPS) is 15.6. The first-order valence-corrected chi connectivity index (χ1v) is 6.80. The molecule has 0 atom stereocenters. The van der Waals surface area contributed by atoms with E-state index in [-0.39, 0.29) is 10.7 Å². The quantitative estimate of drug-likeness (QED) is 0.786. The zero-order valence-electron chi connectivity index (χ0n) is 10.6. The van der Waals surface area contributed by atoms with Gasteiger partial charge in [0.15, 0.2) is 5.69 Å². The highest BCUT2D eigenvalue weighted by Gasteiger charge is 2.15. The van der Waals surface area contributed by atoms with E-state index in [4.69, 9.17) is 21.4 Å². The molecule has 1 aromatic heterocycles. The molecule has 0 unspecified atom stereocenters. The topological polar surface area (TPSA) is 71.5 Å². The number of rotatable bonds is 6. The number of aromatic nitrogens is 1. The number of aromatic carboxylic acids is 1. The first-order valence-electron chi connectivity index (χ1n) is 6.42. The van der Waals surface area contributed by atoms with Crippen LogP contribution in [0.1, 0.15) is 36.2 Å². The van der Waals surface area contributed by atoms with E-state index in [2.05, 4.69) is 10.3 Å². The number of anilines is 1. The van der Waals surface area contributed by atoms with E-state index < -0.39 is 5.97 Å². The summed E-state index contributed by atoms with van der Waals surface area (Å²) in [5.74, 6) is -0.632. The van der Waals surface area contributed by atoms with Crippen molar-refractivity contribution >= 4 is 23.4 Å². The van der Waals surface area contributed by atoms with Crippen molar-refractivity contribution in [2.24, 2.45) is 0 Å². The van der Waals surface area contributed by atoms with Gasteiger partial charge in [-0.1, -0.05) is 24.4 Å². The van der Waals surface area contributed by atoms with E-state index in [1.807, 2.05) is 0 Å². The van der Waals surface area contributed by atoms with Gasteiger partial charge in [0.25, 0.3) is 0 Å². The zero-order chi connectivity index (χ0) is 13.7. The van der Waals surface area contributed by atoms with Crippen LogP contribution in [-0.4, -0.2) is 35.3 Å². The van der Waals surface area contributed by atoms with Gasteiger partial charge in [-0.3, -0.25) is 0 Å². The number of hydrogen-bond donors (Lipinski definition) is 2. The highest BCUT2D eigenvalue weighted by Crippen LogP contribution is 2.20. The van der Waals surface area contributed by atoms with Crippen LogP contribution >= 0.6 is 11.6 Å². The van der Waals surface area contributed by atoms with Crippen LogP contribution in [-0.2, 0) is 4.74 Å². The molecular formula is C13H17ClN2O3. The molecule has 1 aliphatic rings. The fourth-order valence-electron chi connectivity index (χ4n) is 2.15. The van der Waals surface area contributed by atoms with Gasteiger partial charge in [0.1, 0.15) is 5.82 Å². The molecule has 2 N–H and O–H groups in total. The molecule has 19 heavy (non-hydrogen) atoms. The molecule has 0 saturated heterocycles. The Kier molecular flexibility index (Phi) is 4.99. The van der Waals surface area contributed by atoms with Crippen molar-refractivity contribution in [3.05, 3.63) is 22.8 Å². The molecule has 1 fully saturated rings. The highest BCUT2D eigenvalue weighted by molar-refractivity contribution is 6.33. The standard InChI is InChI=1S/C13H17ClN2O3/c14-10-5-6-11(16-12(10)13(17)18)15-7-8-19-9-3-1-2-4-9/h5-6,9H,1-4,7-8H2,(H,15,16)(H,17,18). The number of nitrogens with zero attached hydrogens (tertiary/aromatic N) is 1. The Bertz CT molecular complexity index is 448. The van der Waals surface area contributed by atoms with Gasteiger partial charge in [-0.25, -0.2) is 9.78 Å². The number of carbonyl (C=O) groups is 1. The van der Waals surface area contributed by atoms with Gasteiger partial charge in [0, 0.05) is 6.54 Å². The predicted octanol–water partition coefficient (Wildman–Crippen LogP) is 2.80. The molecule has 1 saturated carbocycles. The first-order chi connectivity index (χ1) is 9.16. The average molecular weight is 285 g/mol. The molecule has 0 aromatic carbocycles. The van der Waals surface area contributed by atoms with Crippen molar-refractivity contribution < 1.29 is 14.6 Å². The van der Waals surface area contributed by atoms with Crippen LogP contribution in [0.15, 0.2) is 12.1 Å². The van der Waals surface area contributed by atoms with Gasteiger partial charge < -0.3 is 15.2 Å². The van der Waals surface area contributed by atoms with Crippen molar-refractivity contribution in [3.8, 4) is 0 Å². The maximum atomic E-state index is 10.9. The number of carboxylic acid groups (broad SMARTS) is 1. The summed E-state index contributed by atoms with van der Waals surface area (Å²) in [4.78, 5) is 14.8. The van der Waals surface area contributed by atoms with Crippen LogP contribution in [0.2, 0.25) is 5.02 Å². The van der Waals surface area contributed by atoms with Crippen LogP contribution in [0, 0.1) is 0 Å². The maximum absolute atomic E-state index is 10.9. The number of nitrogens with one attached hydrogen (secondary N) is 1. The SMILES string of the molecule is O=C(O)c1nc(NCCOC2CCCC2)ccc1Cl. The number of ether oxygens (including phenoxy) is 1. The van der Waals surface area contributed by atoms with Gasteiger partial charge >= 0.3 is 5.97 Å². The molecule has 2 rings (SSSR count). The molecular weight excluding hydrogens is 268 g/mol. The van der Waals surface area contributed by atoms with E-state index in [1.54, 1.807) is 6.07 Å². The minimum Gasteiger partial charge on any atom is -0.476 e. The minimum atomic E-state index is -1.13. The van der Waals surface area contributed by atoms with Crippen LogP contribution < -0.4 is 5.32 Å². The molecule has 0 radical (unpaired) electrons. The van der Waals surface area contributed by atoms with Gasteiger partial charge in [-0.2, -0.15) is 0 Å². The molecule has 0 bridgehead atoms. The molecule has 0 amide bonds. The fourth-order valence-corrected chi connectivity index (χ4v) is 2.34. The monoisotopic (exact) mass is 284 g/mol. The van der Waals surface area contributed by atoms with E-state index in [0.717, 1.165) is 12.8 Å². The van der Waals surface area contributed by atoms with E-state index >= 15 is 0 Å². The Morgan fingerprint density at radius 2 is 2.21 bits per heavy atom. The van der Waals surface area contributed by atoms with Crippen molar-refractivity contribution in [3.63, 3.8) is 0 Å². The van der Waals surface area contributed by atoms with Crippen molar-refractivity contribution in [2.75, 3.05) is 18.5 Å². The molecule has 0 spiro atoms. The van der Waals surface area contributed by atoms with E-state index in [9.17, 15) is 4.79 Å². The van der Waals surface area contributed by atoms with Gasteiger partial charge in [-0.05, 0) is 25.0 Å². The lowest BCUT2D eigenvalue weighted by molar-refractivity contribution is 0.0658. The summed E-state index contributed by atoms with van der Waals surface area (Å²) in [5.41, 5.74) is -0.136. The van der Waals surface area contributed by atoms with E-state index in [0.29, 0.717) is 25.1 Å². The molecule has 104 valence electrons. The second-order valence-corrected chi connectivity index (χ2v) is 4.94. The summed E-state index contributed by atoms with van der Waals surface area (Å²) in [6.07, 6.45) is 5.16. The number of carboxylic acids is 1. The lowest BCUT2D eigenvalue weighted by Gasteiger charge is -2.12. The maximum Gasteiger partial charge on any atom is 0.356 e. The molecule has 6 heteroatoms. The fraction of sp³-hybridized carbons (Fsp3) is 0.538. The molecule has 0 aliphatic heterocycles. The van der Waals surface area contributed by atoms with Gasteiger partial charge in [0.2, 0.25) is 0 Å². The van der Waals surface area contributed by atoms with E-state index in [1.165, 1.54) is 18.9 Å². The largest absolute Gasteiger partial charge is 0.476 e. The third-order valence-electron chi connectivity index (χ3n) is 3.11. The van der Waals surface area contributed by atoms with Gasteiger partial charge in [0.05, 0.1) is 17.7 Å². The number of pyridine rings is 1. The number of hydrogen-bond acceptors (Lipinski definition) is 4. The lowest BCUT2D eigenvalue weighted by atomic mass is 10.3. The lowest BCUT2D eigenvalue weighted by Crippen LogP contribution is -2.16. The van der Waals surface area contributed by atoms with Crippen molar-refractivity contribution in [1.29, 1.82) is 0 Å². The van der Waals surface area contributed by atoms with Crippen LogP contribution in [0.5, 0.6) is 0 Å². The summed E-state index contributed by atoms with van der Waals surface area (Å²) in [6.45, 7) is 1.20. The second-order valence-electron chi connectivity index (χ2n) is 4.54. The summed E-state index contributed by atoms with van der Waals surface area (Å²) < 4.78 is 5.69. The summed E-state index contributed by atoms with van der Waals surface area (Å²) in [7, 11) is 0. The third kappa shape index (κ3) is 4.08. The van der Waals surface area contributed by atoms with Crippen molar-refractivity contribution in [2.45, 2.75) is 31.8 Å². The molecule has 1 aromatic rings. The Morgan fingerprint density at radius 1 is 1.47 bits per heavy atom.